The molecule has 1 aliphatic heterocycles. The summed E-state index contributed by atoms with van der Waals surface area (Å²) in [5, 5.41) is 0. The fourth-order valence-electron chi connectivity index (χ4n) is 3.79. The minimum absolute atomic E-state index is 0. The average molecular weight is 406 g/mol. The smallest absolute Gasteiger partial charge is 0.122 e. The van der Waals surface area contributed by atoms with E-state index < -0.39 is 0 Å². The zero-order valence-corrected chi connectivity index (χ0v) is 18.0. The lowest BCUT2D eigenvalue weighted by Gasteiger charge is -2.20. The van der Waals surface area contributed by atoms with E-state index in [9.17, 15) is 0 Å². The van der Waals surface area contributed by atoms with Crippen molar-refractivity contribution in [1.82, 2.24) is 4.90 Å². The second-order valence-corrected chi connectivity index (χ2v) is 7.24. The van der Waals surface area contributed by atoms with Gasteiger partial charge in [0.1, 0.15) is 17.2 Å². The summed E-state index contributed by atoms with van der Waals surface area (Å²) in [6, 6.07) is 15.1. The maximum absolute atomic E-state index is 6.15. The highest BCUT2D eigenvalue weighted by molar-refractivity contribution is 5.85. The Morgan fingerprint density at radius 2 is 1.71 bits per heavy atom. The topological polar surface area (TPSA) is 30.9 Å². The van der Waals surface area contributed by atoms with Gasteiger partial charge in [0.05, 0.1) is 20.8 Å². The number of hydrogen-bond donors (Lipinski definition) is 0. The second kappa shape index (κ2) is 11.2. The molecule has 5 heteroatoms. The number of aryl methyl sites for hydroxylation is 2. The number of ether oxygens (including phenoxy) is 3. The Morgan fingerprint density at radius 3 is 2.36 bits per heavy atom. The maximum atomic E-state index is 6.15. The Morgan fingerprint density at radius 1 is 1.00 bits per heavy atom. The fourth-order valence-corrected chi connectivity index (χ4v) is 3.79. The van der Waals surface area contributed by atoms with Crippen LogP contribution in [-0.4, -0.2) is 45.4 Å². The molecule has 0 bridgehead atoms. The van der Waals surface area contributed by atoms with Crippen molar-refractivity contribution in [2.24, 2.45) is 0 Å². The molecular weight excluding hydrogens is 374 g/mol. The van der Waals surface area contributed by atoms with Crippen LogP contribution in [0, 0.1) is 0 Å². The molecule has 0 N–H and O–H groups in total. The van der Waals surface area contributed by atoms with E-state index in [2.05, 4.69) is 48.3 Å². The van der Waals surface area contributed by atoms with Crippen molar-refractivity contribution in [3.63, 3.8) is 0 Å². The van der Waals surface area contributed by atoms with Gasteiger partial charge in [-0.3, -0.25) is 0 Å². The molecule has 0 amide bonds. The van der Waals surface area contributed by atoms with Crippen molar-refractivity contribution in [3.8, 4) is 17.2 Å². The summed E-state index contributed by atoms with van der Waals surface area (Å²) >= 11 is 0. The Labute approximate surface area is 175 Å². The van der Waals surface area contributed by atoms with Crippen LogP contribution in [0.4, 0.5) is 0 Å². The first-order chi connectivity index (χ1) is 13.2. The van der Waals surface area contributed by atoms with E-state index in [1.54, 1.807) is 14.2 Å². The van der Waals surface area contributed by atoms with Gasteiger partial charge in [-0.25, -0.2) is 0 Å². The van der Waals surface area contributed by atoms with E-state index >= 15 is 0 Å². The Kier molecular flexibility index (Phi) is 8.94. The van der Waals surface area contributed by atoms with Crippen molar-refractivity contribution in [2.75, 3.05) is 34.4 Å². The molecule has 2 aromatic carbocycles. The first kappa shape index (κ1) is 22.4. The molecule has 154 valence electrons. The highest BCUT2D eigenvalue weighted by atomic mass is 35.5. The van der Waals surface area contributed by atoms with Gasteiger partial charge in [-0.15, -0.1) is 12.4 Å². The van der Waals surface area contributed by atoms with Crippen LogP contribution in [0.3, 0.4) is 0 Å². The van der Waals surface area contributed by atoms with E-state index in [-0.39, 0.29) is 12.4 Å². The maximum Gasteiger partial charge on any atom is 0.122 e. The molecule has 1 aliphatic rings. The van der Waals surface area contributed by atoms with Gasteiger partial charge in [0.2, 0.25) is 0 Å². The van der Waals surface area contributed by atoms with Crippen LogP contribution in [-0.2, 0) is 12.8 Å². The summed E-state index contributed by atoms with van der Waals surface area (Å²) in [6.07, 6.45) is 5.54. The van der Waals surface area contributed by atoms with Gasteiger partial charge in [-0.2, -0.15) is 0 Å². The number of halogens is 1. The van der Waals surface area contributed by atoms with Crippen LogP contribution in [0.2, 0.25) is 0 Å². The predicted octanol–water partition coefficient (Wildman–Crippen LogP) is 4.77. The molecule has 1 atom stereocenters. The zero-order chi connectivity index (χ0) is 19.1. The van der Waals surface area contributed by atoms with E-state index in [1.165, 1.54) is 30.5 Å². The lowest BCUT2D eigenvalue weighted by molar-refractivity contribution is 0.232. The largest absolute Gasteiger partial charge is 0.497 e. The van der Waals surface area contributed by atoms with Crippen molar-refractivity contribution < 1.29 is 14.2 Å². The predicted molar refractivity (Wildman–Crippen MR) is 116 cm³/mol. The molecule has 1 unspecified atom stereocenters. The summed E-state index contributed by atoms with van der Waals surface area (Å²) in [5.74, 6) is 2.66. The molecule has 3 rings (SSSR count). The van der Waals surface area contributed by atoms with Gasteiger partial charge in [0.15, 0.2) is 0 Å². The fraction of sp³-hybridized carbons (Fsp3) is 0.478. The van der Waals surface area contributed by atoms with Gasteiger partial charge < -0.3 is 19.1 Å². The van der Waals surface area contributed by atoms with Gasteiger partial charge in [-0.05, 0) is 75.0 Å². The van der Waals surface area contributed by atoms with Crippen LogP contribution in [0.1, 0.15) is 30.4 Å². The highest BCUT2D eigenvalue weighted by Gasteiger charge is 2.20. The molecule has 2 aromatic rings. The van der Waals surface area contributed by atoms with Crippen LogP contribution in [0.5, 0.6) is 17.2 Å². The van der Waals surface area contributed by atoms with E-state index in [4.69, 9.17) is 14.2 Å². The molecule has 1 heterocycles. The normalized spacial score (nSPS) is 16.5. The van der Waals surface area contributed by atoms with E-state index in [0.717, 1.165) is 43.1 Å². The number of rotatable bonds is 9. The van der Waals surface area contributed by atoms with Crippen LogP contribution in [0.15, 0.2) is 42.5 Å². The molecule has 1 saturated heterocycles. The van der Waals surface area contributed by atoms with Crippen molar-refractivity contribution in [1.29, 1.82) is 0 Å². The molecule has 0 saturated carbocycles. The molecular formula is C23H32ClNO3. The molecule has 0 aliphatic carbocycles. The van der Waals surface area contributed by atoms with Gasteiger partial charge >= 0.3 is 0 Å². The minimum atomic E-state index is 0. The third-order valence-corrected chi connectivity index (χ3v) is 5.45. The Hall–Kier alpha value is -1.91. The molecule has 0 aromatic heterocycles. The monoisotopic (exact) mass is 405 g/mol. The first-order valence-corrected chi connectivity index (χ1v) is 9.82. The van der Waals surface area contributed by atoms with Crippen molar-refractivity contribution in [3.05, 3.63) is 53.6 Å². The SMILES string of the molecule is COc1cc(CCc2ccccc2OCCC2CCCN2C)cc(OC)c1.Cl. The lowest BCUT2D eigenvalue weighted by atomic mass is 10.0. The Balaban J connectivity index is 0.00000280. The summed E-state index contributed by atoms with van der Waals surface area (Å²) in [5.41, 5.74) is 2.45. The van der Waals surface area contributed by atoms with Gasteiger partial charge in [0.25, 0.3) is 0 Å². The quantitative estimate of drug-likeness (QED) is 0.601. The number of hydrogen-bond acceptors (Lipinski definition) is 4. The van der Waals surface area contributed by atoms with Crippen LogP contribution >= 0.6 is 12.4 Å². The number of methoxy groups -OCH3 is 2. The molecule has 1 fully saturated rings. The average Bonchev–Trinajstić information content (AvgIpc) is 3.11. The van der Waals surface area contributed by atoms with Crippen LogP contribution in [0.25, 0.3) is 0 Å². The standard InChI is InChI=1S/C23H31NO3.ClH/c1-24-13-6-8-20(24)12-14-27-23-9-5-4-7-19(23)11-10-18-15-21(25-2)17-22(16-18)26-3;/h4-5,7,9,15-17,20H,6,8,10-14H2,1-3H3;1H. The molecule has 28 heavy (non-hydrogen) atoms. The summed E-state index contributed by atoms with van der Waals surface area (Å²) in [4.78, 5) is 2.45. The molecule has 0 spiro atoms. The first-order valence-electron chi connectivity index (χ1n) is 9.82. The molecule has 0 radical (unpaired) electrons. The third kappa shape index (κ3) is 6.05. The van der Waals surface area contributed by atoms with Gasteiger partial charge in [0, 0.05) is 12.1 Å². The lowest BCUT2D eigenvalue weighted by Crippen LogP contribution is -2.26. The van der Waals surface area contributed by atoms with Crippen LogP contribution < -0.4 is 14.2 Å². The summed E-state index contributed by atoms with van der Waals surface area (Å²) in [7, 11) is 5.58. The van der Waals surface area contributed by atoms with Crippen molar-refractivity contribution >= 4 is 12.4 Å². The third-order valence-electron chi connectivity index (χ3n) is 5.45. The number of para-hydroxylation sites is 1. The van der Waals surface area contributed by atoms with E-state index in [0.29, 0.717) is 6.04 Å². The number of nitrogens with zero attached hydrogens (tertiary/aromatic N) is 1. The van der Waals surface area contributed by atoms with E-state index in [1.807, 2.05) is 6.07 Å². The summed E-state index contributed by atoms with van der Waals surface area (Å²) < 4.78 is 16.9. The minimum Gasteiger partial charge on any atom is -0.497 e. The van der Waals surface area contributed by atoms with Gasteiger partial charge in [-0.1, -0.05) is 18.2 Å². The number of benzene rings is 2. The van der Waals surface area contributed by atoms with Crippen molar-refractivity contribution in [2.45, 2.75) is 38.1 Å². The number of likely N-dealkylation sites (tertiary alicyclic amines) is 1. The Bertz CT molecular complexity index is 715. The molecule has 4 nitrogen and oxygen atoms in total. The second-order valence-electron chi connectivity index (χ2n) is 7.24. The summed E-state index contributed by atoms with van der Waals surface area (Å²) in [6.45, 7) is 1.99. The zero-order valence-electron chi connectivity index (χ0n) is 17.1. The highest BCUT2D eigenvalue weighted by Crippen LogP contribution is 2.26.